The Labute approximate surface area is 54.0 Å². The smallest absolute Gasteiger partial charge is 0.308 e. The molecule has 0 radical (unpaired) electrons. The van der Waals surface area contributed by atoms with Crippen LogP contribution < -0.4 is 0 Å². The first kappa shape index (κ1) is 8.40. The molecule has 1 unspecified atom stereocenters. The summed E-state index contributed by atoms with van der Waals surface area (Å²) in [5.41, 5.74) is 0. The van der Waals surface area contributed by atoms with Crippen LogP contribution in [0.4, 0.5) is 4.39 Å². The highest BCUT2D eigenvalue weighted by atomic mass is 19.1. The molecule has 0 saturated heterocycles. The normalized spacial score (nSPS) is 12.8. The Morgan fingerprint density at radius 2 is 2.33 bits per heavy atom. The number of ether oxygens (including phenoxy) is 1. The molecule has 0 saturated carbocycles. The van der Waals surface area contributed by atoms with Gasteiger partial charge >= 0.3 is 5.97 Å². The maximum Gasteiger partial charge on any atom is 0.308 e. The van der Waals surface area contributed by atoms with Gasteiger partial charge in [-0.3, -0.25) is 4.79 Å². The standard InChI is InChI=1S/C6H11FO2/c1-3-9-6(8)4-5(2)7/h5H,3-4H2,1-2H3. The Morgan fingerprint density at radius 3 is 2.67 bits per heavy atom. The van der Waals surface area contributed by atoms with Crippen LogP contribution in [0.15, 0.2) is 0 Å². The lowest BCUT2D eigenvalue weighted by Crippen LogP contribution is -2.08. The Morgan fingerprint density at radius 1 is 1.78 bits per heavy atom. The van der Waals surface area contributed by atoms with Gasteiger partial charge in [-0.15, -0.1) is 0 Å². The van der Waals surface area contributed by atoms with Crippen molar-refractivity contribution in [1.82, 2.24) is 0 Å². The Hall–Kier alpha value is -0.600. The minimum Gasteiger partial charge on any atom is -0.466 e. The van der Waals surface area contributed by atoms with Crippen molar-refractivity contribution in [3.63, 3.8) is 0 Å². The molecule has 9 heavy (non-hydrogen) atoms. The Bertz CT molecular complexity index is 91.1. The summed E-state index contributed by atoms with van der Waals surface area (Å²) < 4.78 is 16.4. The van der Waals surface area contributed by atoms with Gasteiger partial charge in [0.05, 0.1) is 13.0 Å². The van der Waals surface area contributed by atoms with E-state index in [1.807, 2.05) is 0 Å². The highest BCUT2D eigenvalue weighted by Crippen LogP contribution is 1.96. The van der Waals surface area contributed by atoms with Crippen LogP contribution in [0.3, 0.4) is 0 Å². The number of rotatable bonds is 3. The number of alkyl halides is 1. The van der Waals surface area contributed by atoms with Crippen LogP contribution >= 0.6 is 0 Å². The Kier molecular flexibility index (Phi) is 4.01. The zero-order valence-corrected chi connectivity index (χ0v) is 5.69. The van der Waals surface area contributed by atoms with Crippen molar-refractivity contribution >= 4 is 5.97 Å². The summed E-state index contributed by atoms with van der Waals surface area (Å²) in [5.74, 6) is -0.465. The van der Waals surface area contributed by atoms with E-state index < -0.39 is 12.1 Å². The quantitative estimate of drug-likeness (QED) is 0.544. The first-order chi connectivity index (χ1) is 4.16. The number of hydrogen-bond acceptors (Lipinski definition) is 2. The summed E-state index contributed by atoms with van der Waals surface area (Å²) in [7, 11) is 0. The summed E-state index contributed by atoms with van der Waals surface area (Å²) >= 11 is 0. The molecule has 1 atom stereocenters. The van der Waals surface area contributed by atoms with Gasteiger partial charge < -0.3 is 4.74 Å². The molecule has 0 aromatic rings. The summed E-state index contributed by atoms with van der Waals surface area (Å²) in [6.45, 7) is 3.35. The molecule has 0 aliphatic heterocycles. The molecule has 0 aromatic carbocycles. The molecule has 0 rings (SSSR count). The van der Waals surface area contributed by atoms with E-state index in [9.17, 15) is 9.18 Å². The van der Waals surface area contributed by atoms with Crippen LogP contribution in [0.2, 0.25) is 0 Å². The zero-order chi connectivity index (χ0) is 7.28. The second-order valence-electron chi connectivity index (χ2n) is 1.79. The second kappa shape index (κ2) is 4.30. The van der Waals surface area contributed by atoms with E-state index >= 15 is 0 Å². The van der Waals surface area contributed by atoms with Gasteiger partial charge in [0.2, 0.25) is 0 Å². The predicted molar refractivity (Wildman–Crippen MR) is 31.8 cm³/mol. The number of hydrogen-bond donors (Lipinski definition) is 0. The molecule has 0 amide bonds. The summed E-state index contributed by atoms with van der Waals surface area (Å²) in [5, 5.41) is 0. The van der Waals surface area contributed by atoms with E-state index in [1.54, 1.807) is 6.92 Å². The molecule has 0 heterocycles. The lowest BCUT2D eigenvalue weighted by atomic mass is 10.3. The lowest BCUT2D eigenvalue weighted by Gasteiger charge is -2.00. The minimum atomic E-state index is -1.09. The van der Waals surface area contributed by atoms with Gasteiger partial charge in [0.15, 0.2) is 0 Å². The van der Waals surface area contributed by atoms with Gasteiger partial charge in [0, 0.05) is 0 Å². The summed E-state index contributed by atoms with van der Waals surface area (Å²) in [6, 6.07) is 0. The van der Waals surface area contributed by atoms with Crippen LogP contribution in [0.25, 0.3) is 0 Å². The van der Waals surface area contributed by atoms with E-state index in [2.05, 4.69) is 4.74 Å². The van der Waals surface area contributed by atoms with Crippen LogP contribution in [-0.4, -0.2) is 18.7 Å². The molecule has 54 valence electrons. The van der Waals surface area contributed by atoms with Gasteiger partial charge in [-0.2, -0.15) is 0 Å². The fraction of sp³-hybridized carbons (Fsp3) is 0.833. The van der Waals surface area contributed by atoms with E-state index in [4.69, 9.17) is 0 Å². The molecule has 0 bridgehead atoms. The highest BCUT2D eigenvalue weighted by Gasteiger charge is 2.06. The van der Waals surface area contributed by atoms with Gasteiger partial charge in [-0.05, 0) is 13.8 Å². The third-order valence-corrected chi connectivity index (χ3v) is 0.753. The van der Waals surface area contributed by atoms with Gasteiger partial charge in [0.1, 0.15) is 6.17 Å². The van der Waals surface area contributed by atoms with Crippen LogP contribution in [-0.2, 0) is 9.53 Å². The molecule has 0 fully saturated rings. The third kappa shape index (κ3) is 5.27. The van der Waals surface area contributed by atoms with Crippen molar-refractivity contribution in [2.45, 2.75) is 26.4 Å². The first-order valence-electron chi connectivity index (χ1n) is 2.96. The van der Waals surface area contributed by atoms with Gasteiger partial charge in [0.25, 0.3) is 0 Å². The first-order valence-corrected chi connectivity index (χ1v) is 2.96. The van der Waals surface area contributed by atoms with E-state index in [-0.39, 0.29) is 6.42 Å². The van der Waals surface area contributed by atoms with Crippen molar-refractivity contribution in [3.8, 4) is 0 Å². The molecule has 3 heteroatoms. The van der Waals surface area contributed by atoms with Gasteiger partial charge in [-0.25, -0.2) is 4.39 Å². The molecule has 0 aliphatic carbocycles. The number of esters is 1. The number of halogens is 1. The highest BCUT2D eigenvalue weighted by molar-refractivity contribution is 5.69. The van der Waals surface area contributed by atoms with Crippen LogP contribution in [0.5, 0.6) is 0 Å². The molecule has 0 aromatic heterocycles. The molecule has 2 nitrogen and oxygen atoms in total. The number of carbonyl (C=O) groups excluding carboxylic acids is 1. The van der Waals surface area contributed by atoms with Crippen molar-refractivity contribution < 1.29 is 13.9 Å². The second-order valence-corrected chi connectivity index (χ2v) is 1.79. The predicted octanol–water partition coefficient (Wildman–Crippen LogP) is 1.30. The van der Waals surface area contributed by atoms with E-state index in [1.165, 1.54) is 6.92 Å². The van der Waals surface area contributed by atoms with Crippen molar-refractivity contribution in [2.24, 2.45) is 0 Å². The van der Waals surface area contributed by atoms with Crippen molar-refractivity contribution in [1.29, 1.82) is 0 Å². The number of carbonyl (C=O) groups is 1. The summed E-state index contributed by atoms with van der Waals surface area (Å²) in [4.78, 5) is 10.4. The third-order valence-electron chi connectivity index (χ3n) is 0.753. The molecular formula is C6H11FO2. The molecular weight excluding hydrogens is 123 g/mol. The SMILES string of the molecule is CCOC(=O)CC(C)F. The monoisotopic (exact) mass is 134 g/mol. The maximum absolute atomic E-state index is 12.0. The minimum absolute atomic E-state index is 0.131. The van der Waals surface area contributed by atoms with E-state index in [0.29, 0.717) is 6.61 Å². The van der Waals surface area contributed by atoms with Crippen LogP contribution in [0, 0.1) is 0 Å². The fourth-order valence-electron chi connectivity index (χ4n) is 0.450. The average molecular weight is 134 g/mol. The maximum atomic E-state index is 12.0. The Balaban J connectivity index is 3.27. The largest absolute Gasteiger partial charge is 0.466 e. The molecule has 0 aliphatic rings. The lowest BCUT2D eigenvalue weighted by molar-refractivity contribution is -0.144. The zero-order valence-electron chi connectivity index (χ0n) is 5.69. The average Bonchev–Trinajstić information content (AvgIpc) is 1.63. The molecule has 0 spiro atoms. The summed E-state index contributed by atoms with van der Waals surface area (Å²) in [6.07, 6.45) is -1.22. The van der Waals surface area contributed by atoms with Gasteiger partial charge in [-0.1, -0.05) is 0 Å². The van der Waals surface area contributed by atoms with Crippen molar-refractivity contribution in [2.75, 3.05) is 6.61 Å². The molecule has 0 N–H and O–H groups in total. The van der Waals surface area contributed by atoms with Crippen LogP contribution in [0.1, 0.15) is 20.3 Å². The van der Waals surface area contributed by atoms with E-state index in [0.717, 1.165) is 0 Å². The van der Waals surface area contributed by atoms with Crippen molar-refractivity contribution in [3.05, 3.63) is 0 Å². The fourth-order valence-corrected chi connectivity index (χ4v) is 0.450. The topological polar surface area (TPSA) is 26.3 Å².